The Morgan fingerprint density at radius 1 is 1.29 bits per heavy atom. The van der Waals surface area contributed by atoms with Gasteiger partial charge in [0.2, 0.25) is 0 Å². The highest BCUT2D eigenvalue weighted by Gasteiger charge is 2.09. The number of aliphatic hydroxyl groups excluding tert-OH is 2. The van der Waals surface area contributed by atoms with Gasteiger partial charge in [-0.2, -0.15) is 0 Å². The van der Waals surface area contributed by atoms with Gasteiger partial charge >= 0.3 is 0 Å². The van der Waals surface area contributed by atoms with Gasteiger partial charge in [0.25, 0.3) is 0 Å². The van der Waals surface area contributed by atoms with Gasteiger partial charge in [-0.3, -0.25) is 0 Å². The van der Waals surface area contributed by atoms with Gasteiger partial charge in [-0.1, -0.05) is 29.8 Å². The van der Waals surface area contributed by atoms with Gasteiger partial charge in [-0.05, 0) is 32.4 Å². The van der Waals surface area contributed by atoms with Crippen LogP contribution in [0.3, 0.4) is 0 Å². The van der Waals surface area contributed by atoms with E-state index in [0.29, 0.717) is 11.6 Å². The summed E-state index contributed by atoms with van der Waals surface area (Å²) in [5.74, 6) is 0. The molecule has 0 aromatic heterocycles. The Kier molecular flexibility index (Phi) is 6.52. The lowest BCUT2D eigenvalue weighted by atomic mass is 10.1. The van der Waals surface area contributed by atoms with Crippen molar-refractivity contribution in [1.82, 2.24) is 5.32 Å². The van der Waals surface area contributed by atoms with Crippen molar-refractivity contribution in [2.75, 3.05) is 13.1 Å². The standard InChI is InChI=1S/C13H20ClNO2/c1-10(16)5-4-8-15-9-13(17)11-6-2-3-7-12(11)14/h2-3,6-7,10,13,15-17H,4-5,8-9H2,1H3. The number of halogens is 1. The number of hydrogen-bond acceptors (Lipinski definition) is 3. The highest BCUT2D eigenvalue weighted by molar-refractivity contribution is 6.31. The molecule has 1 aromatic carbocycles. The molecule has 96 valence electrons. The van der Waals surface area contributed by atoms with Crippen LogP contribution in [0.1, 0.15) is 31.4 Å². The van der Waals surface area contributed by atoms with E-state index >= 15 is 0 Å². The van der Waals surface area contributed by atoms with Crippen LogP contribution in [0.2, 0.25) is 5.02 Å². The van der Waals surface area contributed by atoms with Crippen molar-refractivity contribution in [3.8, 4) is 0 Å². The summed E-state index contributed by atoms with van der Waals surface area (Å²) in [5.41, 5.74) is 0.747. The van der Waals surface area contributed by atoms with Gasteiger partial charge in [0.15, 0.2) is 0 Å². The zero-order valence-electron chi connectivity index (χ0n) is 10.1. The van der Waals surface area contributed by atoms with Crippen LogP contribution < -0.4 is 5.32 Å². The normalized spacial score (nSPS) is 14.6. The van der Waals surface area contributed by atoms with Crippen molar-refractivity contribution in [3.05, 3.63) is 34.9 Å². The number of rotatable bonds is 7. The molecule has 1 rings (SSSR count). The lowest BCUT2D eigenvalue weighted by Gasteiger charge is -2.13. The summed E-state index contributed by atoms with van der Waals surface area (Å²) in [6, 6.07) is 7.30. The molecule has 0 fully saturated rings. The topological polar surface area (TPSA) is 52.5 Å². The monoisotopic (exact) mass is 257 g/mol. The van der Waals surface area contributed by atoms with Crippen LogP contribution in [0.5, 0.6) is 0 Å². The summed E-state index contributed by atoms with van der Waals surface area (Å²) in [7, 11) is 0. The quantitative estimate of drug-likeness (QED) is 0.656. The highest BCUT2D eigenvalue weighted by atomic mass is 35.5. The number of benzene rings is 1. The molecule has 0 amide bonds. The fraction of sp³-hybridized carbons (Fsp3) is 0.538. The lowest BCUT2D eigenvalue weighted by molar-refractivity contribution is 0.169. The van der Waals surface area contributed by atoms with E-state index in [4.69, 9.17) is 16.7 Å². The largest absolute Gasteiger partial charge is 0.393 e. The molecule has 0 radical (unpaired) electrons. The summed E-state index contributed by atoms with van der Waals surface area (Å²) in [5, 5.41) is 22.7. The minimum Gasteiger partial charge on any atom is -0.393 e. The Morgan fingerprint density at radius 3 is 2.65 bits per heavy atom. The molecule has 0 heterocycles. The molecule has 0 saturated carbocycles. The van der Waals surface area contributed by atoms with Crippen molar-refractivity contribution in [3.63, 3.8) is 0 Å². The maximum Gasteiger partial charge on any atom is 0.0928 e. The molecule has 3 nitrogen and oxygen atoms in total. The molecule has 1 aromatic rings. The molecular formula is C13H20ClNO2. The van der Waals surface area contributed by atoms with E-state index in [1.54, 1.807) is 13.0 Å². The van der Waals surface area contributed by atoms with Crippen LogP contribution in [0.15, 0.2) is 24.3 Å². The van der Waals surface area contributed by atoms with Crippen LogP contribution in [0.25, 0.3) is 0 Å². The zero-order chi connectivity index (χ0) is 12.7. The van der Waals surface area contributed by atoms with E-state index < -0.39 is 6.10 Å². The molecule has 0 aliphatic carbocycles. The van der Waals surface area contributed by atoms with Gasteiger partial charge in [-0.25, -0.2) is 0 Å². The Balaban J connectivity index is 2.26. The second-order valence-electron chi connectivity index (χ2n) is 4.23. The minimum atomic E-state index is -0.588. The Morgan fingerprint density at radius 2 is 2.00 bits per heavy atom. The summed E-state index contributed by atoms with van der Waals surface area (Å²) >= 11 is 5.98. The van der Waals surface area contributed by atoms with Crippen molar-refractivity contribution < 1.29 is 10.2 Å². The first-order valence-electron chi connectivity index (χ1n) is 5.92. The molecule has 17 heavy (non-hydrogen) atoms. The molecule has 0 aliphatic rings. The predicted octanol–water partition coefficient (Wildman–Crippen LogP) is 2.12. The maximum atomic E-state index is 9.91. The molecule has 3 N–H and O–H groups in total. The van der Waals surface area contributed by atoms with E-state index in [2.05, 4.69) is 5.32 Å². The lowest BCUT2D eigenvalue weighted by Crippen LogP contribution is -2.23. The van der Waals surface area contributed by atoms with E-state index in [9.17, 15) is 5.11 Å². The Bertz CT molecular complexity index is 331. The second kappa shape index (κ2) is 7.67. The zero-order valence-corrected chi connectivity index (χ0v) is 10.8. The van der Waals surface area contributed by atoms with Crippen LogP contribution in [0.4, 0.5) is 0 Å². The van der Waals surface area contributed by atoms with Crippen molar-refractivity contribution >= 4 is 11.6 Å². The van der Waals surface area contributed by atoms with Gasteiger partial charge in [-0.15, -0.1) is 0 Å². The Labute approximate surface area is 107 Å². The molecule has 4 heteroatoms. The van der Waals surface area contributed by atoms with Crippen molar-refractivity contribution in [2.24, 2.45) is 0 Å². The smallest absolute Gasteiger partial charge is 0.0928 e. The number of nitrogens with one attached hydrogen (secondary N) is 1. The van der Waals surface area contributed by atoms with Gasteiger partial charge < -0.3 is 15.5 Å². The van der Waals surface area contributed by atoms with E-state index in [-0.39, 0.29) is 6.10 Å². The van der Waals surface area contributed by atoms with Crippen molar-refractivity contribution in [1.29, 1.82) is 0 Å². The fourth-order valence-electron chi connectivity index (χ4n) is 1.62. The first-order valence-corrected chi connectivity index (χ1v) is 6.30. The number of hydrogen-bond donors (Lipinski definition) is 3. The molecule has 0 bridgehead atoms. The predicted molar refractivity (Wildman–Crippen MR) is 70.2 cm³/mol. The minimum absolute atomic E-state index is 0.259. The SMILES string of the molecule is CC(O)CCCNCC(O)c1ccccc1Cl. The molecule has 0 spiro atoms. The molecule has 0 aliphatic heterocycles. The van der Waals surface area contributed by atoms with Crippen LogP contribution in [0, 0.1) is 0 Å². The van der Waals surface area contributed by atoms with E-state index in [0.717, 1.165) is 24.9 Å². The molecular weight excluding hydrogens is 238 g/mol. The van der Waals surface area contributed by atoms with Gasteiger partial charge in [0.05, 0.1) is 12.2 Å². The average molecular weight is 258 g/mol. The average Bonchev–Trinajstić information content (AvgIpc) is 2.28. The number of aliphatic hydroxyl groups is 2. The second-order valence-corrected chi connectivity index (χ2v) is 4.64. The third kappa shape index (κ3) is 5.50. The third-order valence-corrected chi connectivity index (χ3v) is 2.92. The van der Waals surface area contributed by atoms with E-state index in [1.165, 1.54) is 0 Å². The highest BCUT2D eigenvalue weighted by Crippen LogP contribution is 2.21. The molecule has 2 unspecified atom stereocenters. The maximum absolute atomic E-state index is 9.91. The van der Waals surface area contributed by atoms with Crippen LogP contribution in [-0.2, 0) is 0 Å². The summed E-state index contributed by atoms with van der Waals surface area (Å²) in [6.45, 7) is 3.04. The van der Waals surface area contributed by atoms with Crippen molar-refractivity contribution in [2.45, 2.75) is 32.0 Å². The van der Waals surface area contributed by atoms with Gasteiger partial charge in [0.1, 0.15) is 0 Å². The summed E-state index contributed by atoms with van der Waals surface area (Å²) in [6.07, 6.45) is 0.822. The summed E-state index contributed by atoms with van der Waals surface area (Å²) in [4.78, 5) is 0. The van der Waals surface area contributed by atoms with E-state index in [1.807, 2.05) is 18.2 Å². The first-order chi connectivity index (χ1) is 8.11. The molecule has 2 atom stereocenters. The van der Waals surface area contributed by atoms with Gasteiger partial charge in [0, 0.05) is 17.1 Å². The summed E-state index contributed by atoms with van der Waals surface area (Å²) < 4.78 is 0. The van der Waals surface area contributed by atoms with Crippen LogP contribution in [-0.4, -0.2) is 29.4 Å². The van der Waals surface area contributed by atoms with Crippen LogP contribution >= 0.6 is 11.6 Å². The Hall–Kier alpha value is -0.610. The fourth-order valence-corrected chi connectivity index (χ4v) is 1.88. The molecule has 0 saturated heterocycles. The first kappa shape index (κ1) is 14.5. The third-order valence-electron chi connectivity index (χ3n) is 2.58.